The molecule has 1 aliphatic rings. The summed E-state index contributed by atoms with van der Waals surface area (Å²) in [5.41, 5.74) is 1.74. The van der Waals surface area contributed by atoms with E-state index < -0.39 is 0 Å². The molecule has 0 unspecified atom stereocenters. The number of amides is 1. The minimum Gasteiger partial charge on any atom is -0.325 e. The van der Waals surface area contributed by atoms with Crippen LogP contribution in [-0.2, 0) is 4.79 Å². The summed E-state index contributed by atoms with van der Waals surface area (Å²) in [6, 6.07) is 3.65. The molecule has 1 aliphatic heterocycles. The average Bonchev–Trinajstić information content (AvgIpc) is 2.30. The number of nitrogens with one attached hydrogen (secondary N) is 2. The lowest BCUT2D eigenvalue weighted by atomic mass is 10.0. The van der Waals surface area contributed by atoms with Crippen molar-refractivity contribution in [2.75, 3.05) is 11.9 Å². The van der Waals surface area contributed by atoms with E-state index in [9.17, 15) is 4.79 Å². The van der Waals surface area contributed by atoms with Gasteiger partial charge in [-0.2, -0.15) is 0 Å². The first-order chi connectivity index (χ1) is 7.75. The molecule has 0 aliphatic carbocycles. The lowest BCUT2D eigenvalue weighted by Crippen LogP contribution is -2.43. The zero-order chi connectivity index (χ0) is 11.4. The van der Waals surface area contributed by atoms with Crippen LogP contribution in [0.3, 0.4) is 0 Å². The number of aromatic nitrogens is 1. The maximum Gasteiger partial charge on any atom is 0.241 e. The van der Waals surface area contributed by atoms with E-state index >= 15 is 0 Å². The number of carbonyl (C=O) groups excluding carboxylic acids is 1. The van der Waals surface area contributed by atoms with Crippen LogP contribution in [0.25, 0.3) is 0 Å². The first kappa shape index (κ1) is 11.1. The van der Waals surface area contributed by atoms with Gasteiger partial charge in [-0.05, 0) is 38.4 Å². The van der Waals surface area contributed by atoms with Gasteiger partial charge in [-0.25, -0.2) is 0 Å². The summed E-state index contributed by atoms with van der Waals surface area (Å²) in [6.45, 7) is 2.85. The third-order valence-electron chi connectivity index (χ3n) is 2.79. The molecule has 86 valence electrons. The fourth-order valence-electron chi connectivity index (χ4n) is 1.93. The Labute approximate surface area is 95.5 Å². The van der Waals surface area contributed by atoms with Crippen molar-refractivity contribution in [1.82, 2.24) is 10.3 Å². The zero-order valence-corrected chi connectivity index (χ0v) is 9.49. The van der Waals surface area contributed by atoms with E-state index in [1.165, 1.54) is 0 Å². The van der Waals surface area contributed by atoms with E-state index in [0.717, 1.165) is 37.2 Å². The van der Waals surface area contributed by atoms with Crippen molar-refractivity contribution in [3.8, 4) is 0 Å². The third kappa shape index (κ3) is 2.79. The third-order valence-corrected chi connectivity index (χ3v) is 2.79. The maximum absolute atomic E-state index is 11.9. The highest BCUT2D eigenvalue weighted by molar-refractivity contribution is 5.94. The molecule has 4 nitrogen and oxygen atoms in total. The van der Waals surface area contributed by atoms with Gasteiger partial charge in [0.1, 0.15) is 0 Å². The highest BCUT2D eigenvalue weighted by atomic mass is 16.2. The second-order valence-corrected chi connectivity index (χ2v) is 4.18. The van der Waals surface area contributed by atoms with Gasteiger partial charge in [0.15, 0.2) is 0 Å². The summed E-state index contributed by atoms with van der Waals surface area (Å²) in [6.07, 6.45) is 4.92. The fraction of sp³-hybridized carbons (Fsp3) is 0.500. The van der Waals surface area contributed by atoms with Crippen LogP contribution in [0.1, 0.15) is 25.0 Å². The predicted octanol–water partition coefficient (Wildman–Crippen LogP) is 1.47. The van der Waals surface area contributed by atoms with Crippen molar-refractivity contribution >= 4 is 11.6 Å². The van der Waals surface area contributed by atoms with Crippen LogP contribution in [0.15, 0.2) is 18.3 Å². The van der Waals surface area contributed by atoms with Crippen LogP contribution in [0.5, 0.6) is 0 Å². The summed E-state index contributed by atoms with van der Waals surface area (Å²) in [4.78, 5) is 16.0. The highest BCUT2D eigenvalue weighted by Gasteiger charge is 2.20. The van der Waals surface area contributed by atoms with E-state index in [1.807, 2.05) is 19.1 Å². The Bertz CT molecular complexity index is 372. The monoisotopic (exact) mass is 219 g/mol. The molecule has 0 saturated carbocycles. The maximum atomic E-state index is 11.9. The van der Waals surface area contributed by atoms with Crippen molar-refractivity contribution < 1.29 is 4.79 Å². The van der Waals surface area contributed by atoms with Gasteiger partial charge in [-0.3, -0.25) is 9.78 Å². The van der Waals surface area contributed by atoms with E-state index in [4.69, 9.17) is 0 Å². The Morgan fingerprint density at radius 1 is 1.56 bits per heavy atom. The van der Waals surface area contributed by atoms with Crippen LogP contribution >= 0.6 is 0 Å². The lowest BCUT2D eigenvalue weighted by molar-refractivity contribution is -0.118. The molecule has 1 fully saturated rings. The lowest BCUT2D eigenvalue weighted by Gasteiger charge is -2.22. The second-order valence-electron chi connectivity index (χ2n) is 4.18. The number of nitrogens with zero attached hydrogens (tertiary/aromatic N) is 1. The Balaban J connectivity index is 1.96. The molecular weight excluding hydrogens is 202 g/mol. The van der Waals surface area contributed by atoms with Gasteiger partial charge in [-0.15, -0.1) is 0 Å². The van der Waals surface area contributed by atoms with Crippen molar-refractivity contribution in [3.05, 3.63) is 24.0 Å². The Morgan fingerprint density at radius 2 is 2.44 bits per heavy atom. The van der Waals surface area contributed by atoms with Crippen LogP contribution < -0.4 is 10.6 Å². The number of piperidine rings is 1. The molecule has 0 radical (unpaired) electrons. The summed E-state index contributed by atoms with van der Waals surface area (Å²) in [5.74, 6) is 0.0605. The molecule has 1 aromatic rings. The predicted molar refractivity (Wildman–Crippen MR) is 63.2 cm³/mol. The first-order valence-electron chi connectivity index (χ1n) is 5.72. The average molecular weight is 219 g/mol. The number of hydrogen-bond acceptors (Lipinski definition) is 3. The number of hydrogen-bond donors (Lipinski definition) is 2. The van der Waals surface area contributed by atoms with Gasteiger partial charge in [-0.1, -0.05) is 6.42 Å². The summed E-state index contributed by atoms with van der Waals surface area (Å²) in [5, 5.41) is 6.14. The highest BCUT2D eigenvalue weighted by Crippen LogP contribution is 2.11. The number of rotatable bonds is 2. The van der Waals surface area contributed by atoms with E-state index in [0.29, 0.717) is 0 Å². The molecule has 2 N–H and O–H groups in total. The minimum absolute atomic E-state index is 0.0396. The van der Waals surface area contributed by atoms with Crippen molar-refractivity contribution in [1.29, 1.82) is 0 Å². The molecule has 1 saturated heterocycles. The summed E-state index contributed by atoms with van der Waals surface area (Å²) >= 11 is 0. The van der Waals surface area contributed by atoms with Crippen molar-refractivity contribution in [3.63, 3.8) is 0 Å². The molecule has 0 aromatic carbocycles. The Morgan fingerprint density at radius 3 is 3.12 bits per heavy atom. The number of anilines is 1. The minimum atomic E-state index is -0.0396. The second kappa shape index (κ2) is 5.07. The van der Waals surface area contributed by atoms with Gasteiger partial charge in [0, 0.05) is 17.6 Å². The molecule has 2 rings (SSSR count). The molecular formula is C12H17N3O. The standard InChI is InChI=1S/C12H17N3O/c1-9-8-10(5-7-13-9)15-12(16)11-4-2-3-6-14-11/h5,7-8,11,14H,2-4,6H2,1H3,(H,13,15,16)/t11-/m0/s1. The van der Waals surface area contributed by atoms with E-state index in [2.05, 4.69) is 15.6 Å². The zero-order valence-electron chi connectivity index (χ0n) is 9.49. The molecule has 16 heavy (non-hydrogen) atoms. The Kier molecular flexibility index (Phi) is 3.51. The summed E-state index contributed by atoms with van der Waals surface area (Å²) < 4.78 is 0. The van der Waals surface area contributed by atoms with E-state index in [1.54, 1.807) is 6.20 Å². The quantitative estimate of drug-likeness (QED) is 0.792. The molecule has 1 atom stereocenters. The van der Waals surface area contributed by atoms with Gasteiger partial charge in [0.25, 0.3) is 0 Å². The van der Waals surface area contributed by atoms with Crippen molar-refractivity contribution in [2.45, 2.75) is 32.2 Å². The van der Waals surface area contributed by atoms with E-state index in [-0.39, 0.29) is 11.9 Å². The normalized spacial score (nSPS) is 20.4. The van der Waals surface area contributed by atoms with Crippen LogP contribution in [0, 0.1) is 6.92 Å². The molecule has 1 aromatic heterocycles. The van der Waals surface area contributed by atoms with Gasteiger partial charge >= 0.3 is 0 Å². The van der Waals surface area contributed by atoms with Gasteiger partial charge < -0.3 is 10.6 Å². The van der Waals surface area contributed by atoms with Crippen LogP contribution in [0.2, 0.25) is 0 Å². The fourth-order valence-corrected chi connectivity index (χ4v) is 1.93. The number of aryl methyl sites for hydroxylation is 1. The largest absolute Gasteiger partial charge is 0.325 e. The van der Waals surface area contributed by atoms with Gasteiger partial charge in [0.2, 0.25) is 5.91 Å². The Hall–Kier alpha value is -1.42. The topological polar surface area (TPSA) is 54.0 Å². The van der Waals surface area contributed by atoms with Crippen molar-refractivity contribution in [2.24, 2.45) is 0 Å². The smallest absolute Gasteiger partial charge is 0.241 e. The summed E-state index contributed by atoms with van der Waals surface area (Å²) in [7, 11) is 0. The SMILES string of the molecule is Cc1cc(NC(=O)[C@@H]2CCCCN2)ccn1. The number of carbonyl (C=O) groups is 1. The number of pyridine rings is 1. The molecule has 0 spiro atoms. The first-order valence-corrected chi connectivity index (χ1v) is 5.72. The van der Waals surface area contributed by atoms with Gasteiger partial charge in [0.05, 0.1) is 6.04 Å². The molecule has 4 heteroatoms. The molecule has 0 bridgehead atoms. The molecule has 1 amide bonds. The van der Waals surface area contributed by atoms with Crippen LogP contribution in [-0.4, -0.2) is 23.5 Å². The molecule has 2 heterocycles. The van der Waals surface area contributed by atoms with Crippen LogP contribution in [0.4, 0.5) is 5.69 Å².